The molecule has 0 aliphatic carbocycles. The molecule has 0 aromatic heterocycles. The highest BCUT2D eigenvalue weighted by Gasteiger charge is 2.28. The molecule has 0 fully saturated rings. The fourth-order valence-electron chi connectivity index (χ4n) is 1.67. The van der Waals surface area contributed by atoms with E-state index in [1.807, 2.05) is 0 Å². The van der Waals surface area contributed by atoms with Gasteiger partial charge in [0, 0.05) is 12.2 Å². The molecule has 1 rings (SSSR count). The summed E-state index contributed by atoms with van der Waals surface area (Å²) in [6.07, 6.45) is -4.32. The summed E-state index contributed by atoms with van der Waals surface area (Å²) in [7, 11) is 0. The highest BCUT2D eigenvalue weighted by Crippen LogP contribution is 2.20. The third-order valence-corrected chi connectivity index (χ3v) is 3.07. The number of anilines is 1. The first-order valence-electron chi connectivity index (χ1n) is 6.55. The zero-order chi connectivity index (χ0) is 15.2. The summed E-state index contributed by atoms with van der Waals surface area (Å²) >= 11 is 0. The molecule has 1 atom stereocenters. The molecule has 0 heterocycles. The fourth-order valence-corrected chi connectivity index (χ4v) is 1.67. The number of alkyl halides is 3. The van der Waals surface area contributed by atoms with Gasteiger partial charge < -0.3 is 15.8 Å². The number of ether oxygens (including phenoxy) is 1. The molecule has 3 nitrogen and oxygen atoms in total. The number of halogens is 3. The number of hydrogen-bond donors (Lipinski definition) is 2. The van der Waals surface area contributed by atoms with Crippen molar-refractivity contribution < 1.29 is 17.9 Å². The van der Waals surface area contributed by atoms with Gasteiger partial charge in [-0.2, -0.15) is 13.2 Å². The van der Waals surface area contributed by atoms with Gasteiger partial charge in [0.1, 0.15) is 5.75 Å². The summed E-state index contributed by atoms with van der Waals surface area (Å²) in [5, 5.41) is 3.22. The lowest BCUT2D eigenvalue weighted by Gasteiger charge is -2.20. The summed E-state index contributed by atoms with van der Waals surface area (Å²) in [4.78, 5) is 0. The number of hydrogen-bond acceptors (Lipinski definition) is 3. The van der Waals surface area contributed by atoms with Gasteiger partial charge in [-0.3, -0.25) is 0 Å². The maximum atomic E-state index is 12.0. The van der Waals surface area contributed by atoms with E-state index in [0.717, 1.165) is 12.2 Å². The Balaban J connectivity index is 2.46. The lowest BCUT2D eigenvalue weighted by molar-refractivity contribution is -0.153. The highest BCUT2D eigenvalue weighted by molar-refractivity contribution is 5.46. The Bertz CT molecular complexity index is 390. The molecule has 0 amide bonds. The second-order valence-electron chi connectivity index (χ2n) is 5.05. The third-order valence-electron chi connectivity index (χ3n) is 3.07. The molecule has 1 unspecified atom stereocenters. The largest absolute Gasteiger partial charge is 0.484 e. The lowest BCUT2D eigenvalue weighted by atomic mass is 9.96. The van der Waals surface area contributed by atoms with Crippen molar-refractivity contribution >= 4 is 5.69 Å². The second-order valence-corrected chi connectivity index (χ2v) is 5.05. The quantitative estimate of drug-likeness (QED) is 0.810. The van der Waals surface area contributed by atoms with Crippen molar-refractivity contribution in [1.82, 2.24) is 0 Å². The Hall–Kier alpha value is -1.43. The monoisotopic (exact) mass is 290 g/mol. The van der Waals surface area contributed by atoms with E-state index in [-0.39, 0.29) is 5.75 Å². The summed E-state index contributed by atoms with van der Waals surface area (Å²) in [6, 6.07) is 6.42. The van der Waals surface area contributed by atoms with Gasteiger partial charge in [-0.15, -0.1) is 0 Å². The molecule has 0 saturated heterocycles. The van der Waals surface area contributed by atoms with Crippen LogP contribution in [0, 0.1) is 11.8 Å². The molecule has 1 aromatic carbocycles. The Kier molecular flexibility index (Phi) is 6.13. The first-order chi connectivity index (χ1) is 9.31. The Labute approximate surface area is 117 Å². The van der Waals surface area contributed by atoms with Crippen LogP contribution in [0.2, 0.25) is 0 Å². The van der Waals surface area contributed by atoms with Crippen LogP contribution < -0.4 is 15.8 Å². The van der Waals surface area contributed by atoms with Crippen molar-refractivity contribution in [3.05, 3.63) is 24.3 Å². The van der Waals surface area contributed by atoms with Crippen LogP contribution in [0.3, 0.4) is 0 Å². The van der Waals surface area contributed by atoms with E-state index in [4.69, 9.17) is 5.73 Å². The van der Waals surface area contributed by atoms with Gasteiger partial charge in [0.25, 0.3) is 0 Å². The maximum Gasteiger partial charge on any atom is 0.422 e. The van der Waals surface area contributed by atoms with Crippen LogP contribution in [-0.4, -0.2) is 25.9 Å². The minimum absolute atomic E-state index is 0.201. The third kappa shape index (κ3) is 6.14. The van der Waals surface area contributed by atoms with Gasteiger partial charge in [-0.25, -0.2) is 0 Å². The molecule has 0 saturated carbocycles. The fraction of sp³-hybridized carbons (Fsp3) is 0.571. The SMILES string of the molecule is CC(C)C(CN)CNc1ccc(OCC(F)(F)F)cc1. The van der Waals surface area contributed by atoms with E-state index in [2.05, 4.69) is 23.9 Å². The van der Waals surface area contributed by atoms with Gasteiger partial charge in [0.05, 0.1) is 0 Å². The topological polar surface area (TPSA) is 47.3 Å². The zero-order valence-corrected chi connectivity index (χ0v) is 11.7. The average molecular weight is 290 g/mol. The van der Waals surface area contributed by atoms with Crippen molar-refractivity contribution in [2.45, 2.75) is 20.0 Å². The first-order valence-corrected chi connectivity index (χ1v) is 6.55. The molecular weight excluding hydrogens is 269 g/mol. The number of benzene rings is 1. The van der Waals surface area contributed by atoms with Gasteiger partial charge in [-0.1, -0.05) is 13.8 Å². The van der Waals surface area contributed by atoms with Gasteiger partial charge in [-0.05, 0) is 42.6 Å². The summed E-state index contributed by atoms with van der Waals surface area (Å²) in [5.41, 5.74) is 6.51. The molecule has 0 aliphatic rings. The predicted octanol–water partition coefficient (Wildman–Crippen LogP) is 3.27. The van der Waals surface area contributed by atoms with Crippen LogP contribution in [0.1, 0.15) is 13.8 Å². The zero-order valence-electron chi connectivity index (χ0n) is 11.7. The molecule has 0 radical (unpaired) electrons. The highest BCUT2D eigenvalue weighted by atomic mass is 19.4. The standard InChI is InChI=1S/C14H21F3N2O/c1-10(2)11(7-18)8-19-12-3-5-13(6-4-12)20-9-14(15,16)17/h3-6,10-11,19H,7-9,18H2,1-2H3. The normalized spacial score (nSPS) is 13.3. The van der Waals surface area contributed by atoms with Crippen LogP contribution in [0.4, 0.5) is 18.9 Å². The summed E-state index contributed by atoms with van der Waals surface area (Å²) < 4.78 is 40.6. The Morgan fingerprint density at radius 3 is 2.25 bits per heavy atom. The van der Waals surface area contributed by atoms with Crippen LogP contribution in [-0.2, 0) is 0 Å². The molecular formula is C14H21F3N2O. The summed E-state index contributed by atoms with van der Waals surface area (Å²) in [6.45, 7) is 4.26. The van der Waals surface area contributed by atoms with E-state index in [1.54, 1.807) is 12.1 Å². The molecule has 3 N–H and O–H groups in total. The van der Waals surface area contributed by atoms with Crippen LogP contribution in [0.5, 0.6) is 5.75 Å². The predicted molar refractivity (Wildman–Crippen MR) is 73.9 cm³/mol. The average Bonchev–Trinajstić information content (AvgIpc) is 2.37. The minimum atomic E-state index is -4.32. The minimum Gasteiger partial charge on any atom is -0.484 e. The molecule has 1 aromatic rings. The van der Waals surface area contributed by atoms with Crippen molar-refractivity contribution in [1.29, 1.82) is 0 Å². The van der Waals surface area contributed by atoms with Crippen molar-refractivity contribution in [3.63, 3.8) is 0 Å². The smallest absolute Gasteiger partial charge is 0.422 e. The maximum absolute atomic E-state index is 12.0. The van der Waals surface area contributed by atoms with E-state index >= 15 is 0 Å². The van der Waals surface area contributed by atoms with Gasteiger partial charge >= 0.3 is 6.18 Å². The number of rotatable bonds is 7. The van der Waals surface area contributed by atoms with Crippen molar-refractivity contribution in [2.24, 2.45) is 17.6 Å². The lowest BCUT2D eigenvalue weighted by Crippen LogP contribution is -2.27. The van der Waals surface area contributed by atoms with Crippen LogP contribution in [0.25, 0.3) is 0 Å². The molecule has 0 spiro atoms. The number of nitrogens with two attached hydrogens (primary N) is 1. The van der Waals surface area contributed by atoms with Crippen LogP contribution in [0.15, 0.2) is 24.3 Å². The molecule has 0 bridgehead atoms. The van der Waals surface area contributed by atoms with E-state index in [9.17, 15) is 13.2 Å². The van der Waals surface area contributed by atoms with Gasteiger partial charge in [0.2, 0.25) is 0 Å². The molecule has 20 heavy (non-hydrogen) atoms. The Morgan fingerprint density at radius 2 is 1.80 bits per heavy atom. The second kappa shape index (κ2) is 7.38. The van der Waals surface area contributed by atoms with E-state index in [0.29, 0.717) is 18.4 Å². The number of nitrogens with one attached hydrogen (secondary N) is 1. The van der Waals surface area contributed by atoms with Crippen molar-refractivity contribution in [3.8, 4) is 5.75 Å². The van der Waals surface area contributed by atoms with Crippen molar-refractivity contribution in [2.75, 3.05) is 25.0 Å². The Morgan fingerprint density at radius 1 is 1.20 bits per heavy atom. The molecule has 0 aliphatic heterocycles. The van der Waals surface area contributed by atoms with E-state index in [1.165, 1.54) is 12.1 Å². The van der Waals surface area contributed by atoms with Crippen LogP contribution >= 0.6 is 0 Å². The van der Waals surface area contributed by atoms with Gasteiger partial charge in [0.15, 0.2) is 6.61 Å². The molecule has 114 valence electrons. The van der Waals surface area contributed by atoms with E-state index < -0.39 is 12.8 Å². The molecule has 6 heteroatoms. The first kappa shape index (κ1) is 16.6. The summed E-state index contributed by atoms with van der Waals surface area (Å²) in [5.74, 6) is 1.03.